The molecule has 1 unspecified atom stereocenters. The lowest BCUT2D eigenvalue weighted by Gasteiger charge is -2.16. The van der Waals surface area contributed by atoms with Gasteiger partial charge in [-0.05, 0) is 157 Å². The van der Waals surface area contributed by atoms with Crippen LogP contribution in [0, 0.1) is 87.3 Å². The van der Waals surface area contributed by atoms with E-state index >= 15 is 0 Å². The summed E-state index contributed by atoms with van der Waals surface area (Å²) in [5.41, 5.74) is -0.427. The van der Waals surface area contributed by atoms with E-state index in [9.17, 15) is 105 Å². The van der Waals surface area contributed by atoms with Gasteiger partial charge in [-0.1, -0.05) is 42.2 Å². The molecule has 0 N–H and O–H groups in total. The fourth-order valence-electron chi connectivity index (χ4n) is 9.90. The van der Waals surface area contributed by atoms with Crippen molar-refractivity contribution in [1.29, 1.82) is 0 Å². The fourth-order valence-corrected chi connectivity index (χ4v) is 14.2. The highest BCUT2D eigenvalue weighted by atomic mass is 79.9. The first-order valence-corrected chi connectivity index (χ1v) is 36.3. The van der Waals surface area contributed by atoms with Crippen molar-refractivity contribution in [3.8, 4) is 51.6 Å². The number of hydrogen-bond donors (Lipinski definition) is 0. The summed E-state index contributed by atoms with van der Waals surface area (Å²) in [4.78, 5) is 36.1. The second-order valence-electron chi connectivity index (χ2n) is 21.3. The minimum Gasteiger partial charge on any atom is -0.495 e. The largest absolute Gasteiger partial charge is 0.495 e. The highest BCUT2D eigenvalue weighted by Crippen LogP contribution is 2.41. The number of pyridine rings is 3. The number of benzene rings is 9. The summed E-state index contributed by atoms with van der Waals surface area (Å²) in [6.07, 6.45) is 0. The maximum atomic E-state index is 13.9. The zero-order valence-corrected chi connectivity index (χ0v) is 64.3. The first-order chi connectivity index (χ1) is 50.6. The summed E-state index contributed by atoms with van der Waals surface area (Å²) in [6.45, 7) is 0. The molecule has 0 spiro atoms. The van der Waals surface area contributed by atoms with E-state index in [2.05, 4.69) is 60.3 Å². The summed E-state index contributed by atoms with van der Waals surface area (Å²) < 4.78 is 314. The van der Waals surface area contributed by atoms with Crippen LogP contribution in [0.4, 0.5) is 65.9 Å². The third kappa shape index (κ3) is 16.5. The number of halogens is 21. The van der Waals surface area contributed by atoms with Gasteiger partial charge in [0, 0.05) is 47.8 Å². The van der Waals surface area contributed by atoms with Crippen LogP contribution in [0.3, 0.4) is 0 Å². The second kappa shape index (κ2) is 33.5. The SMILES string of the molecule is C.COc1cc(Br)c(Cl)cc1-n1c(=O)ccc2cc(S(=O)(=O)Oc3c(F)c(F)c(F)c(F)c3F)ccc21.COc1cc(Br)c(Cl)cc1-n1c(=O)ccc2cc(S(=O)(=O)Oc3c(F)c(F)c(F)c(F)c3F)ccc21.COc1cc(Br)c(Cl)cc1-n1c(=O)ccc2cc(S(=O)(=O)Oc3c(F)c(F)c(F)c(F)c3F)ccc21.P. The van der Waals surface area contributed by atoms with Gasteiger partial charge in [-0.2, -0.15) is 61.5 Å². The van der Waals surface area contributed by atoms with Crippen LogP contribution >= 0.6 is 92.5 Å². The van der Waals surface area contributed by atoms with Gasteiger partial charge in [0.2, 0.25) is 105 Å². The van der Waals surface area contributed by atoms with Gasteiger partial charge in [0.05, 0.1) is 70.0 Å². The van der Waals surface area contributed by atoms with E-state index in [1.807, 2.05) is 0 Å². The van der Waals surface area contributed by atoms with Crippen LogP contribution < -0.4 is 43.4 Å². The van der Waals surface area contributed by atoms with E-state index in [-0.39, 0.29) is 99.4 Å². The Kier molecular flexibility index (Phi) is 26.3. The topological polar surface area (TPSA) is 224 Å². The highest BCUT2D eigenvalue weighted by Gasteiger charge is 2.35. The molecule has 0 bridgehead atoms. The first-order valence-electron chi connectivity index (χ1n) is 28.6. The molecule has 12 rings (SSSR count). The first kappa shape index (κ1) is 86.5. The molecule has 0 saturated heterocycles. The molecule has 110 heavy (non-hydrogen) atoms. The number of methoxy groups -OCH3 is 3. The van der Waals surface area contributed by atoms with Crippen LogP contribution in [0.5, 0.6) is 34.5 Å². The predicted molar refractivity (Wildman–Crippen MR) is 386 cm³/mol. The van der Waals surface area contributed by atoms with E-state index in [4.69, 9.17) is 49.0 Å². The van der Waals surface area contributed by atoms with Gasteiger partial charge in [-0.3, -0.25) is 28.1 Å². The molecule has 0 saturated carbocycles. The minimum absolute atomic E-state index is 0. The molecule has 1 atom stereocenters. The third-order valence-corrected chi connectivity index (χ3v) is 22.2. The van der Waals surface area contributed by atoms with Crippen molar-refractivity contribution in [2.24, 2.45) is 0 Å². The van der Waals surface area contributed by atoms with Crippen molar-refractivity contribution in [3.05, 3.63) is 274 Å². The third-order valence-electron chi connectivity index (χ3n) is 14.9. The molecule has 0 radical (unpaired) electrons. The molecule has 3 heterocycles. The van der Waals surface area contributed by atoms with Crippen molar-refractivity contribution in [1.82, 2.24) is 13.7 Å². The van der Waals surface area contributed by atoms with Gasteiger partial charge in [-0.15, -0.1) is 0 Å². The lowest BCUT2D eigenvalue weighted by Crippen LogP contribution is -2.19. The molecule has 0 aliphatic heterocycles. The van der Waals surface area contributed by atoms with Gasteiger partial charge >= 0.3 is 30.4 Å². The highest BCUT2D eigenvalue weighted by molar-refractivity contribution is 9.11. The number of hydrogen-bond acceptors (Lipinski definition) is 15. The average Bonchev–Trinajstić information content (AvgIpc) is 0.766. The monoisotopic (exact) mass is 1880 g/mol. The van der Waals surface area contributed by atoms with Gasteiger partial charge in [-0.25, -0.2) is 39.5 Å². The standard InChI is InChI=1S/3C22H10BrClF5NO5S.CH4.H3P/c3*1-34-15-7-11(23)12(24)8-14(15)30-13-4-3-10(6-9(13)2-5-16(30)31)36(32,33)35-22-20(28)18(26)17(25)19(27)21(22)29;;/h3*2-8H,1H3;1H4;1H3. The lowest BCUT2D eigenvalue weighted by molar-refractivity contribution is 0.346. The molecular weight excluding hydrogens is 1840 g/mol. The fraction of sp³-hybridized carbons (Fsp3) is 0.0597. The van der Waals surface area contributed by atoms with Crippen molar-refractivity contribution >= 4 is 156 Å². The van der Waals surface area contributed by atoms with E-state index < -0.39 is 166 Å². The number of fused-ring (bicyclic) bond motifs is 3. The summed E-state index contributed by atoms with van der Waals surface area (Å²) in [6, 6.07) is 25.2. The minimum atomic E-state index is -5.08. The summed E-state index contributed by atoms with van der Waals surface area (Å²) in [5, 5.41) is 1.13. The van der Waals surface area contributed by atoms with Gasteiger partial charge < -0.3 is 26.8 Å². The number of aromatic nitrogens is 3. The predicted octanol–water partition coefficient (Wildman–Crippen LogP) is 18.3. The summed E-state index contributed by atoms with van der Waals surface area (Å²) in [5.74, 6) is -41.6. The maximum Gasteiger partial charge on any atom is 0.339 e. The quantitative estimate of drug-likeness (QED) is 0.0306. The Morgan fingerprint density at radius 1 is 0.309 bits per heavy atom. The Hall–Kier alpha value is -9.05. The Morgan fingerprint density at radius 2 is 0.509 bits per heavy atom. The van der Waals surface area contributed by atoms with Crippen LogP contribution in [-0.2, 0) is 30.4 Å². The van der Waals surface area contributed by atoms with Gasteiger partial charge in [0.25, 0.3) is 16.7 Å². The molecule has 43 heteroatoms. The maximum absolute atomic E-state index is 13.9. The number of ether oxygens (including phenoxy) is 3. The summed E-state index contributed by atoms with van der Waals surface area (Å²) in [7, 11) is -11.2. The normalized spacial score (nSPS) is 11.5. The zero-order chi connectivity index (χ0) is 79.6. The Morgan fingerprint density at radius 3 is 0.709 bits per heavy atom. The lowest BCUT2D eigenvalue weighted by atomic mass is 10.2. The number of rotatable bonds is 15. The molecular formula is C67H37Br3Cl3F15N3O15PS3. The van der Waals surface area contributed by atoms with E-state index in [1.165, 1.54) is 108 Å². The second-order valence-corrected chi connectivity index (χ2v) is 29.7. The number of nitrogens with zero attached hydrogens (tertiary/aromatic N) is 3. The summed E-state index contributed by atoms with van der Waals surface area (Å²) >= 11 is 28.2. The van der Waals surface area contributed by atoms with Gasteiger partial charge in [0.1, 0.15) is 31.9 Å². The Labute approximate surface area is 651 Å². The Bertz CT molecular complexity index is 5710. The van der Waals surface area contributed by atoms with Crippen LogP contribution in [0.2, 0.25) is 15.1 Å². The van der Waals surface area contributed by atoms with Crippen molar-refractivity contribution < 1.29 is 118 Å². The molecule has 9 aromatic carbocycles. The van der Waals surface area contributed by atoms with Crippen LogP contribution in [-0.4, -0.2) is 60.3 Å². The van der Waals surface area contributed by atoms with E-state index in [1.54, 1.807) is 0 Å². The Balaban J connectivity index is 0.000000206. The van der Waals surface area contributed by atoms with Crippen molar-refractivity contribution in [2.75, 3.05) is 21.3 Å². The molecule has 580 valence electrons. The molecule has 18 nitrogen and oxygen atoms in total. The van der Waals surface area contributed by atoms with Crippen LogP contribution in [0.25, 0.3) is 49.8 Å². The smallest absolute Gasteiger partial charge is 0.339 e. The average molecular weight is 1880 g/mol. The zero-order valence-electron chi connectivity index (χ0n) is 53.5. The molecule has 0 aliphatic rings. The van der Waals surface area contributed by atoms with Gasteiger partial charge in [0.15, 0.2) is 0 Å². The van der Waals surface area contributed by atoms with Crippen LogP contribution in [0.15, 0.2) is 170 Å². The molecule has 0 amide bonds. The van der Waals surface area contributed by atoms with E-state index in [0.29, 0.717) is 13.4 Å². The molecule has 0 aliphatic carbocycles. The van der Waals surface area contributed by atoms with Crippen molar-refractivity contribution in [2.45, 2.75) is 22.1 Å². The van der Waals surface area contributed by atoms with Crippen molar-refractivity contribution in [3.63, 3.8) is 0 Å². The molecule has 0 fully saturated rings. The molecule has 12 aromatic rings. The molecule has 3 aromatic heterocycles. The van der Waals surface area contributed by atoms with Crippen LogP contribution in [0.1, 0.15) is 7.43 Å². The van der Waals surface area contributed by atoms with E-state index in [0.717, 1.165) is 54.6 Å².